The lowest BCUT2D eigenvalue weighted by molar-refractivity contribution is -0.129. The summed E-state index contributed by atoms with van der Waals surface area (Å²) >= 11 is 5.89. The Morgan fingerprint density at radius 2 is 1.94 bits per heavy atom. The highest BCUT2D eigenvalue weighted by Gasteiger charge is 2.29. The van der Waals surface area contributed by atoms with Crippen molar-refractivity contribution in [2.45, 2.75) is 32.6 Å². The topological polar surface area (TPSA) is 75.2 Å². The summed E-state index contributed by atoms with van der Waals surface area (Å²) in [4.78, 5) is 36.3. The summed E-state index contributed by atoms with van der Waals surface area (Å²) in [5.74, 6) is 0.603. The number of hydrogen-bond acceptors (Lipinski definition) is 4. The molecule has 1 aromatic heterocycles. The van der Waals surface area contributed by atoms with Gasteiger partial charge in [-0.15, -0.1) is 0 Å². The van der Waals surface area contributed by atoms with Crippen molar-refractivity contribution < 1.29 is 9.59 Å². The molecule has 1 saturated heterocycles. The van der Waals surface area contributed by atoms with Crippen LogP contribution in [0.1, 0.15) is 45.3 Å². The van der Waals surface area contributed by atoms with E-state index in [2.05, 4.69) is 15.3 Å². The minimum atomic E-state index is -0.266. The molecule has 0 spiro atoms. The molecular formula is C25H25ClN4O2. The molecule has 0 unspecified atom stereocenters. The van der Waals surface area contributed by atoms with Gasteiger partial charge in [0.25, 0.3) is 5.91 Å². The molecule has 4 rings (SSSR count). The van der Waals surface area contributed by atoms with Crippen molar-refractivity contribution in [3.8, 4) is 0 Å². The van der Waals surface area contributed by atoms with Gasteiger partial charge in [-0.3, -0.25) is 9.59 Å². The van der Waals surface area contributed by atoms with E-state index in [1.54, 1.807) is 37.4 Å². The van der Waals surface area contributed by atoms with E-state index in [4.69, 9.17) is 11.6 Å². The molecule has 1 atom stereocenters. The van der Waals surface area contributed by atoms with Gasteiger partial charge < -0.3 is 10.2 Å². The fraction of sp³-hybridized carbons (Fsp3) is 0.280. The minimum absolute atomic E-state index is 0.0727. The summed E-state index contributed by atoms with van der Waals surface area (Å²) in [5, 5.41) is 3.44. The second-order valence-electron chi connectivity index (χ2n) is 8.18. The first-order chi connectivity index (χ1) is 15.4. The lowest BCUT2D eigenvalue weighted by Crippen LogP contribution is -2.30. The van der Waals surface area contributed by atoms with Gasteiger partial charge in [-0.25, -0.2) is 9.97 Å². The van der Waals surface area contributed by atoms with E-state index in [-0.39, 0.29) is 17.7 Å². The van der Waals surface area contributed by atoms with Crippen molar-refractivity contribution >= 4 is 29.1 Å². The van der Waals surface area contributed by atoms with Gasteiger partial charge in [0, 0.05) is 35.9 Å². The molecule has 0 bridgehead atoms. The van der Waals surface area contributed by atoms with Gasteiger partial charge in [-0.2, -0.15) is 0 Å². The highest BCUT2D eigenvalue weighted by atomic mass is 35.5. The van der Waals surface area contributed by atoms with Gasteiger partial charge in [0.1, 0.15) is 5.82 Å². The average molecular weight is 449 g/mol. The van der Waals surface area contributed by atoms with Gasteiger partial charge >= 0.3 is 0 Å². The van der Waals surface area contributed by atoms with Crippen LogP contribution in [0.4, 0.5) is 5.69 Å². The number of benzene rings is 2. The van der Waals surface area contributed by atoms with Gasteiger partial charge in [-0.1, -0.05) is 41.4 Å². The van der Waals surface area contributed by atoms with E-state index in [0.29, 0.717) is 47.3 Å². The summed E-state index contributed by atoms with van der Waals surface area (Å²) < 4.78 is 0. The third-order valence-electron chi connectivity index (χ3n) is 5.69. The van der Waals surface area contributed by atoms with E-state index in [0.717, 1.165) is 17.5 Å². The van der Waals surface area contributed by atoms with E-state index in [1.165, 1.54) is 0 Å². The van der Waals surface area contributed by atoms with Crippen LogP contribution in [0.5, 0.6) is 0 Å². The molecule has 0 radical (unpaired) electrons. The second-order valence-corrected chi connectivity index (χ2v) is 8.62. The van der Waals surface area contributed by atoms with Crippen LogP contribution in [0.15, 0.2) is 54.7 Å². The number of nitrogens with one attached hydrogen (secondary N) is 1. The highest BCUT2D eigenvalue weighted by Crippen LogP contribution is 2.26. The summed E-state index contributed by atoms with van der Waals surface area (Å²) in [7, 11) is 0. The summed E-state index contributed by atoms with van der Waals surface area (Å²) in [6.07, 6.45) is 2.79. The second kappa shape index (κ2) is 9.49. The maximum absolute atomic E-state index is 12.7. The van der Waals surface area contributed by atoms with Crippen molar-refractivity contribution in [1.29, 1.82) is 0 Å². The Bertz CT molecular complexity index is 1150. The zero-order chi connectivity index (χ0) is 22.7. The lowest BCUT2D eigenvalue weighted by Gasteiger charge is -2.17. The number of rotatable bonds is 5. The molecular weight excluding hydrogens is 424 g/mol. The first-order valence-electron chi connectivity index (χ1n) is 10.6. The molecule has 0 aliphatic carbocycles. The van der Waals surface area contributed by atoms with Gasteiger partial charge in [0.2, 0.25) is 5.91 Å². The van der Waals surface area contributed by atoms with Crippen LogP contribution in [0, 0.1) is 13.8 Å². The van der Waals surface area contributed by atoms with Crippen molar-refractivity contribution in [2.24, 2.45) is 0 Å². The molecule has 2 amide bonds. The number of aromatic nitrogens is 2. The van der Waals surface area contributed by atoms with Crippen molar-refractivity contribution in [3.05, 3.63) is 88.0 Å². The third kappa shape index (κ3) is 5.14. The largest absolute Gasteiger partial charge is 0.342 e. The van der Waals surface area contributed by atoms with Crippen LogP contribution in [-0.4, -0.2) is 39.8 Å². The molecule has 0 saturated carbocycles. The number of halogens is 1. The maximum Gasteiger partial charge on any atom is 0.259 e. The number of hydrogen-bond donors (Lipinski definition) is 1. The maximum atomic E-state index is 12.7. The Hall–Kier alpha value is -3.25. The molecule has 164 valence electrons. The van der Waals surface area contributed by atoms with Crippen LogP contribution < -0.4 is 5.32 Å². The molecule has 2 aromatic carbocycles. The summed E-state index contributed by atoms with van der Waals surface area (Å²) in [6.45, 7) is 5.12. The number of carbonyl (C=O) groups is 2. The highest BCUT2D eigenvalue weighted by molar-refractivity contribution is 6.30. The van der Waals surface area contributed by atoms with Crippen LogP contribution >= 0.6 is 11.6 Å². The Labute approximate surface area is 192 Å². The van der Waals surface area contributed by atoms with E-state index >= 15 is 0 Å². The Morgan fingerprint density at radius 1 is 1.16 bits per heavy atom. The van der Waals surface area contributed by atoms with Crippen molar-refractivity contribution in [1.82, 2.24) is 14.9 Å². The standard InChI is InChI=1S/C25H25ClN4O2/c1-16-4-3-5-18(12-16)13-23(31)30-11-10-19(15-30)24-27-14-22(17(2)28-24)25(32)29-21-8-6-20(26)7-9-21/h3-9,12,14,19H,10-11,13,15H2,1-2H3,(H,29,32)/t19-/m1/s1. The van der Waals surface area contributed by atoms with E-state index < -0.39 is 0 Å². The van der Waals surface area contributed by atoms with Crippen LogP contribution in [0.25, 0.3) is 0 Å². The number of anilines is 1. The van der Waals surface area contributed by atoms with Gasteiger partial charge in [-0.05, 0) is 50.1 Å². The van der Waals surface area contributed by atoms with E-state index in [9.17, 15) is 9.59 Å². The third-order valence-corrected chi connectivity index (χ3v) is 5.94. The first kappa shape index (κ1) is 22.0. The van der Waals surface area contributed by atoms with Crippen LogP contribution in [0.2, 0.25) is 5.02 Å². The molecule has 32 heavy (non-hydrogen) atoms. The van der Waals surface area contributed by atoms with Gasteiger partial charge in [0.15, 0.2) is 0 Å². The predicted molar refractivity (Wildman–Crippen MR) is 125 cm³/mol. The molecule has 7 heteroatoms. The first-order valence-corrected chi connectivity index (χ1v) is 11.0. The SMILES string of the molecule is Cc1cccc(CC(=O)N2CC[C@@H](c3ncc(C(=O)Nc4ccc(Cl)cc4)c(C)n3)C2)c1. The van der Waals surface area contributed by atoms with Crippen molar-refractivity contribution in [2.75, 3.05) is 18.4 Å². The number of aryl methyl sites for hydroxylation is 2. The Kier molecular flexibility index (Phi) is 6.51. The van der Waals surface area contributed by atoms with Crippen LogP contribution in [-0.2, 0) is 11.2 Å². The van der Waals surface area contributed by atoms with Crippen molar-refractivity contribution in [3.63, 3.8) is 0 Å². The van der Waals surface area contributed by atoms with Crippen LogP contribution in [0.3, 0.4) is 0 Å². The summed E-state index contributed by atoms with van der Waals surface area (Å²) in [5.41, 5.74) is 3.88. The minimum Gasteiger partial charge on any atom is -0.342 e. The van der Waals surface area contributed by atoms with Gasteiger partial charge in [0.05, 0.1) is 17.7 Å². The number of carbonyl (C=O) groups excluding carboxylic acids is 2. The average Bonchev–Trinajstić information content (AvgIpc) is 3.26. The molecule has 6 nitrogen and oxygen atoms in total. The molecule has 1 aliphatic rings. The molecule has 2 heterocycles. The summed E-state index contributed by atoms with van der Waals surface area (Å²) in [6, 6.07) is 15.0. The number of amides is 2. The van der Waals surface area contributed by atoms with E-state index in [1.807, 2.05) is 36.1 Å². The Morgan fingerprint density at radius 3 is 2.66 bits per heavy atom. The quantitative estimate of drug-likeness (QED) is 0.621. The fourth-order valence-electron chi connectivity index (χ4n) is 3.94. The monoisotopic (exact) mass is 448 g/mol. The zero-order valence-electron chi connectivity index (χ0n) is 18.1. The fourth-order valence-corrected chi connectivity index (χ4v) is 4.07. The molecule has 3 aromatic rings. The molecule has 1 aliphatic heterocycles. The normalized spacial score (nSPS) is 15.6. The Balaban J connectivity index is 1.39. The predicted octanol–water partition coefficient (Wildman–Crippen LogP) is 4.56. The zero-order valence-corrected chi connectivity index (χ0v) is 18.9. The molecule has 1 fully saturated rings. The lowest BCUT2D eigenvalue weighted by atomic mass is 10.1. The molecule has 1 N–H and O–H groups in total. The smallest absolute Gasteiger partial charge is 0.259 e. The number of likely N-dealkylation sites (tertiary alicyclic amines) is 1. The number of nitrogens with zero attached hydrogens (tertiary/aromatic N) is 3.